The van der Waals surface area contributed by atoms with E-state index in [1.54, 1.807) is 26.4 Å². The predicted molar refractivity (Wildman–Crippen MR) is 140 cm³/mol. The summed E-state index contributed by atoms with van der Waals surface area (Å²) in [6, 6.07) is 11.1. The third-order valence-electron chi connectivity index (χ3n) is 5.32. The van der Waals surface area contributed by atoms with Crippen LogP contribution in [0.4, 0.5) is 30.2 Å². The number of nitrogens with zero attached hydrogens (tertiary/aromatic N) is 4. The van der Waals surface area contributed by atoms with Gasteiger partial charge in [0.15, 0.2) is 0 Å². The molecule has 3 N–H and O–H groups in total. The molecule has 4 rings (SSSR count). The number of amides is 1. The molecule has 0 saturated carbocycles. The zero-order chi connectivity index (χ0) is 28.9. The van der Waals surface area contributed by atoms with Crippen molar-refractivity contribution in [3.05, 3.63) is 81.0 Å². The number of carboxylic acids is 1. The minimum Gasteiger partial charge on any atom is -0.475 e. The molecule has 204 valence electrons. The van der Waals surface area contributed by atoms with Crippen LogP contribution in [0.5, 0.6) is 0 Å². The number of hydrogen-bond donors (Lipinski definition) is 3. The molecule has 0 aliphatic carbocycles. The van der Waals surface area contributed by atoms with Gasteiger partial charge in [-0.1, -0.05) is 12.1 Å². The average Bonchev–Trinajstić information content (AvgIpc) is 3.26. The van der Waals surface area contributed by atoms with Crippen LogP contribution in [0.3, 0.4) is 0 Å². The van der Waals surface area contributed by atoms with Crippen molar-refractivity contribution < 1.29 is 27.9 Å². The number of benzene rings is 1. The van der Waals surface area contributed by atoms with Gasteiger partial charge in [0.25, 0.3) is 11.5 Å². The van der Waals surface area contributed by atoms with Gasteiger partial charge in [0, 0.05) is 25.1 Å². The summed E-state index contributed by atoms with van der Waals surface area (Å²) in [6.45, 7) is 5.46. The Bertz CT molecular complexity index is 1570. The van der Waals surface area contributed by atoms with Gasteiger partial charge in [0.2, 0.25) is 0 Å². The van der Waals surface area contributed by atoms with Gasteiger partial charge >= 0.3 is 12.1 Å². The van der Waals surface area contributed by atoms with E-state index in [0.717, 1.165) is 22.6 Å². The number of thiazole rings is 1. The molecule has 39 heavy (non-hydrogen) atoms. The van der Waals surface area contributed by atoms with Crippen molar-refractivity contribution in [2.45, 2.75) is 26.9 Å². The summed E-state index contributed by atoms with van der Waals surface area (Å²) >= 11 is 1.20. The number of aliphatic carboxylic acids is 1. The SMILES string of the molecule is Cc1nc(-c2c(C)c(C)nn(C)c2=O)sc1C(=O)Nc1ccccc1Nc1ccncc1.O=C(O)C(F)(F)F. The van der Waals surface area contributed by atoms with Crippen LogP contribution in [-0.2, 0) is 11.8 Å². The van der Waals surface area contributed by atoms with Gasteiger partial charge in [0.05, 0.1) is 28.3 Å². The van der Waals surface area contributed by atoms with Gasteiger partial charge in [0.1, 0.15) is 9.88 Å². The zero-order valence-electron chi connectivity index (χ0n) is 21.1. The molecule has 1 amide bonds. The molecule has 14 heteroatoms. The molecule has 1 aromatic carbocycles. The molecule has 0 saturated heterocycles. The molecule has 0 fully saturated rings. The number of carbonyl (C=O) groups is 2. The number of alkyl halides is 3. The average molecular weight is 561 g/mol. The van der Waals surface area contributed by atoms with Crippen LogP contribution in [0.15, 0.2) is 53.6 Å². The number of aromatic nitrogens is 4. The minimum absolute atomic E-state index is 0.235. The smallest absolute Gasteiger partial charge is 0.475 e. The number of halogens is 3. The Morgan fingerprint density at radius 1 is 1.00 bits per heavy atom. The lowest BCUT2D eigenvalue weighted by Crippen LogP contribution is -2.23. The Morgan fingerprint density at radius 2 is 1.59 bits per heavy atom. The fourth-order valence-corrected chi connectivity index (χ4v) is 4.34. The third-order valence-corrected chi connectivity index (χ3v) is 6.49. The first kappa shape index (κ1) is 29.0. The first-order valence-corrected chi connectivity index (χ1v) is 12.0. The second-order valence-electron chi connectivity index (χ2n) is 8.11. The standard InChI is InChI=1S/C23H22N6O2S.C2HF3O2/c1-13-14(2)28-29(4)23(31)19(13)22-25-15(3)20(32-22)21(30)27-18-8-6-5-7-17(18)26-16-9-11-24-12-10-16;3-2(4,5)1(6)7/h5-12H,1-4H3,(H,24,26)(H,27,30);(H,6,7). The lowest BCUT2D eigenvalue weighted by Gasteiger charge is -2.12. The Morgan fingerprint density at radius 3 is 2.18 bits per heavy atom. The summed E-state index contributed by atoms with van der Waals surface area (Å²) in [5.41, 5.74) is 4.57. The molecule has 0 atom stereocenters. The molecule has 0 aliphatic rings. The third kappa shape index (κ3) is 7.04. The molecule has 0 radical (unpaired) electrons. The quantitative estimate of drug-likeness (QED) is 0.315. The number of pyridine rings is 1. The summed E-state index contributed by atoms with van der Waals surface area (Å²) in [6.07, 6.45) is -1.70. The number of carboxylic acid groups (broad SMARTS) is 1. The molecule has 0 unspecified atom stereocenters. The maximum absolute atomic E-state index is 13.1. The number of aryl methyl sites for hydroxylation is 3. The molecule has 3 aromatic heterocycles. The van der Waals surface area contributed by atoms with E-state index in [0.29, 0.717) is 26.8 Å². The van der Waals surface area contributed by atoms with Crippen LogP contribution in [0.2, 0.25) is 0 Å². The highest BCUT2D eigenvalue weighted by atomic mass is 32.1. The van der Waals surface area contributed by atoms with E-state index in [4.69, 9.17) is 9.90 Å². The predicted octanol–water partition coefficient (Wildman–Crippen LogP) is 4.85. The van der Waals surface area contributed by atoms with E-state index < -0.39 is 12.1 Å². The summed E-state index contributed by atoms with van der Waals surface area (Å²) in [5.74, 6) is -3.04. The van der Waals surface area contributed by atoms with Crippen LogP contribution in [0.25, 0.3) is 10.6 Å². The van der Waals surface area contributed by atoms with Crippen molar-refractivity contribution in [1.82, 2.24) is 19.7 Å². The molecular formula is C25H23F3N6O4S. The molecular weight excluding hydrogens is 537 g/mol. The summed E-state index contributed by atoms with van der Waals surface area (Å²) in [7, 11) is 1.61. The van der Waals surface area contributed by atoms with Crippen molar-refractivity contribution in [3.8, 4) is 10.6 Å². The van der Waals surface area contributed by atoms with Gasteiger partial charge in [-0.3, -0.25) is 14.6 Å². The van der Waals surface area contributed by atoms with Crippen molar-refractivity contribution in [3.63, 3.8) is 0 Å². The normalized spacial score (nSPS) is 10.8. The lowest BCUT2D eigenvalue weighted by molar-refractivity contribution is -0.192. The Labute approximate surface area is 224 Å². The highest BCUT2D eigenvalue weighted by molar-refractivity contribution is 7.17. The largest absolute Gasteiger partial charge is 0.490 e. The monoisotopic (exact) mass is 560 g/mol. The highest BCUT2D eigenvalue weighted by Crippen LogP contribution is 2.31. The first-order chi connectivity index (χ1) is 18.3. The maximum Gasteiger partial charge on any atom is 0.490 e. The summed E-state index contributed by atoms with van der Waals surface area (Å²) in [4.78, 5) is 43.7. The molecule has 10 nitrogen and oxygen atoms in total. The van der Waals surface area contributed by atoms with Gasteiger partial charge in [-0.2, -0.15) is 18.3 Å². The van der Waals surface area contributed by atoms with E-state index in [9.17, 15) is 22.8 Å². The first-order valence-electron chi connectivity index (χ1n) is 11.2. The molecule has 4 aromatic rings. The zero-order valence-corrected chi connectivity index (χ0v) is 21.9. The number of para-hydroxylation sites is 2. The second-order valence-corrected chi connectivity index (χ2v) is 9.11. The summed E-state index contributed by atoms with van der Waals surface area (Å²) in [5, 5.41) is 18.1. The molecule has 0 aliphatic heterocycles. The summed E-state index contributed by atoms with van der Waals surface area (Å²) < 4.78 is 33.0. The van der Waals surface area contributed by atoms with Crippen LogP contribution >= 0.6 is 11.3 Å². The minimum atomic E-state index is -5.08. The Kier molecular flexibility index (Phi) is 8.81. The fraction of sp³-hybridized carbons (Fsp3) is 0.200. The molecule has 3 heterocycles. The van der Waals surface area contributed by atoms with E-state index in [1.165, 1.54) is 16.0 Å². The topological polar surface area (TPSA) is 139 Å². The van der Waals surface area contributed by atoms with Crippen molar-refractivity contribution >= 4 is 40.3 Å². The van der Waals surface area contributed by atoms with Crippen molar-refractivity contribution in [1.29, 1.82) is 0 Å². The van der Waals surface area contributed by atoms with Crippen molar-refractivity contribution in [2.75, 3.05) is 10.6 Å². The van der Waals surface area contributed by atoms with Crippen LogP contribution < -0.4 is 16.2 Å². The number of nitrogens with one attached hydrogen (secondary N) is 2. The van der Waals surface area contributed by atoms with Crippen LogP contribution in [0, 0.1) is 20.8 Å². The number of hydrogen-bond acceptors (Lipinski definition) is 8. The fourth-order valence-electron chi connectivity index (χ4n) is 3.29. The number of carbonyl (C=O) groups excluding carboxylic acids is 1. The Hall–Kier alpha value is -4.59. The second kappa shape index (κ2) is 11.9. The lowest BCUT2D eigenvalue weighted by atomic mass is 10.1. The van der Waals surface area contributed by atoms with E-state index >= 15 is 0 Å². The number of rotatable bonds is 5. The highest BCUT2D eigenvalue weighted by Gasteiger charge is 2.38. The number of anilines is 3. The van der Waals surface area contributed by atoms with Gasteiger partial charge in [-0.25, -0.2) is 14.5 Å². The van der Waals surface area contributed by atoms with E-state index in [-0.39, 0.29) is 11.5 Å². The van der Waals surface area contributed by atoms with Crippen LogP contribution in [0.1, 0.15) is 26.6 Å². The van der Waals surface area contributed by atoms with Crippen molar-refractivity contribution in [2.24, 2.45) is 7.05 Å². The van der Waals surface area contributed by atoms with Gasteiger partial charge in [-0.05, 0) is 50.6 Å². The molecule has 0 spiro atoms. The van der Waals surface area contributed by atoms with Crippen LogP contribution in [-0.4, -0.2) is 42.9 Å². The van der Waals surface area contributed by atoms with Gasteiger partial charge < -0.3 is 15.7 Å². The molecule has 0 bridgehead atoms. The maximum atomic E-state index is 13.1. The van der Waals surface area contributed by atoms with E-state index in [1.807, 2.05) is 50.2 Å². The van der Waals surface area contributed by atoms with Gasteiger partial charge in [-0.15, -0.1) is 11.3 Å². The van der Waals surface area contributed by atoms with E-state index in [2.05, 4.69) is 25.7 Å². The Balaban J connectivity index is 0.000000532.